The topological polar surface area (TPSA) is 114 Å². The lowest BCUT2D eigenvalue weighted by Gasteiger charge is -2.22. The average molecular weight is 498 g/mol. The van der Waals surface area contributed by atoms with Crippen LogP contribution >= 0.6 is 0 Å². The Hall–Kier alpha value is -3.89. The summed E-state index contributed by atoms with van der Waals surface area (Å²) in [5.41, 5.74) is 1.63. The zero-order valence-corrected chi connectivity index (χ0v) is 20.5. The molecule has 9 nitrogen and oxygen atoms in total. The van der Waals surface area contributed by atoms with Crippen molar-refractivity contribution in [2.24, 2.45) is 0 Å². The van der Waals surface area contributed by atoms with Crippen LogP contribution in [0.5, 0.6) is 11.5 Å². The molecule has 0 aliphatic rings. The minimum absolute atomic E-state index is 0.0294. The third-order valence-electron chi connectivity index (χ3n) is 5.06. The van der Waals surface area contributed by atoms with Crippen molar-refractivity contribution in [1.29, 1.82) is 0 Å². The maximum atomic E-state index is 13.4. The van der Waals surface area contributed by atoms with E-state index in [-0.39, 0.29) is 4.90 Å². The minimum Gasteiger partial charge on any atom is -0.495 e. The van der Waals surface area contributed by atoms with Gasteiger partial charge in [-0.2, -0.15) is 4.31 Å². The first-order valence-electron chi connectivity index (χ1n) is 10.7. The Balaban J connectivity index is 1.85. The molecular formula is C25H27N3O6S. The van der Waals surface area contributed by atoms with Gasteiger partial charge in [0.15, 0.2) is 0 Å². The van der Waals surface area contributed by atoms with Gasteiger partial charge in [-0.05, 0) is 43.3 Å². The van der Waals surface area contributed by atoms with E-state index < -0.39 is 34.9 Å². The molecule has 3 rings (SSSR count). The molecule has 0 atom stereocenters. The Labute approximate surface area is 204 Å². The number of hydrogen-bond acceptors (Lipinski definition) is 6. The molecule has 0 aliphatic heterocycles. The molecule has 0 spiro atoms. The van der Waals surface area contributed by atoms with Crippen LogP contribution in [0.25, 0.3) is 0 Å². The van der Waals surface area contributed by atoms with Crippen LogP contribution in [0.3, 0.4) is 0 Å². The summed E-state index contributed by atoms with van der Waals surface area (Å²) in [6, 6.07) is 19.7. The number of nitrogens with zero attached hydrogens (tertiary/aromatic N) is 1. The number of aryl methyl sites for hydroxylation is 1. The van der Waals surface area contributed by atoms with Crippen molar-refractivity contribution in [1.82, 2.24) is 4.31 Å². The smallest absolute Gasteiger partial charge is 0.244 e. The first kappa shape index (κ1) is 25.7. The van der Waals surface area contributed by atoms with Gasteiger partial charge in [0.25, 0.3) is 0 Å². The molecule has 0 saturated carbocycles. The normalized spacial score (nSPS) is 11.1. The second kappa shape index (κ2) is 11.5. The molecule has 0 aromatic heterocycles. The fourth-order valence-electron chi connectivity index (χ4n) is 3.28. The molecule has 2 amide bonds. The number of sulfonamides is 1. The molecule has 0 unspecified atom stereocenters. The summed E-state index contributed by atoms with van der Waals surface area (Å²) in [5, 5.41) is 5.29. The van der Waals surface area contributed by atoms with E-state index in [2.05, 4.69) is 10.6 Å². The van der Waals surface area contributed by atoms with E-state index >= 15 is 0 Å². The highest BCUT2D eigenvalue weighted by Gasteiger charge is 2.29. The first-order chi connectivity index (χ1) is 16.7. The quantitative estimate of drug-likeness (QED) is 0.444. The highest BCUT2D eigenvalue weighted by molar-refractivity contribution is 7.89. The monoisotopic (exact) mass is 497 g/mol. The number of benzene rings is 3. The van der Waals surface area contributed by atoms with E-state index in [4.69, 9.17) is 9.47 Å². The predicted octanol–water partition coefficient (Wildman–Crippen LogP) is 3.28. The maximum absolute atomic E-state index is 13.4. The number of hydrogen-bond donors (Lipinski definition) is 2. The van der Waals surface area contributed by atoms with Crippen LogP contribution in [0.1, 0.15) is 5.56 Å². The Morgan fingerprint density at radius 2 is 1.17 bits per heavy atom. The van der Waals surface area contributed by atoms with Crippen LogP contribution in [-0.2, 0) is 19.6 Å². The van der Waals surface area contributed by atoms with Crippen molar-refractivity contribution < 1.29 is 27.5 Å². The number of amides is 2. The molecule has 35 heavy (non-hydrogen) atoms. The zero-order valence-electron chi connectivity index (χ0n) is 19.6. The summed E-state index contributed by atoms with van der Waals surface area (Å²) in [5.74, 6) is -0.420. The van der Waals surface area contributed by atoms with E-state index in [1.54, 1.807) is 60.7 Å². The standard InChI is InChI=1S/C25H27N3O6S/c1-18-12-14-19(15-13-18)35(31,32)28(16-24(29)26-20-8-4-6-10-22(20)33-2)17-25(30)27-21-9-5-7-11-23(21)34-3/h4-15H,16-17H2,1-3H3,(H,26,29)(H,27,30). The van der Waals surface area contributed by atoms with Gasteiger partial charge < -0.3 is 20.1 Å². The number of para-hydroxylation sites is 4. The average Bonchev–Trinajstić information content (AvgIpc) is 2.84. The Morgan fingerprint density at radius 1 is 0.743 bits per heavy atom. The molecule has 10 heteroatoms. The van der Waals surface area contributed by atoms with Gasteiger partial charge in [-0.25, -0.2) is 8.42 Å². The Bertz CT molecular complexity index is 1230. The SMILES string of the molecule is COc1ccccc1NC(=O)CN(CC(=O)Nc1ccccc1OC)S(=O)(=O)c1ccc(C)cc1. The second-order valence-electron chi connectivity index (χ2n) is 7.58. The third-order valence-corrected chi connectivity index (χ3v) is 6.87. The highest BCUT2D eigenvalue weighted by atomic mass is 32.2. The van der Waals surface area contributed by atoms with Gasteiger partial charge in [-0.15, -0.1) is 0 Å². The molecule has 2 N–H and O–H groups in total. The molecular weight excluding hydrogens is 470 g/mol. The number of carbonyl (C=O) groups is 2. The zero-order chi connectivity index (χ0) is 25.4. The van der Waals surface area contributed by atoms with E-state index in [1.807, 2.05) is 6.92 Å². The molecule has 184 valence electrons. The van der Waals surface area contributed by atoms with Crippen molar-refractivity contribution in [2.75, 3.05) is 37.9 Å². The van der Waals surface area contributed by atoms with Gasteiger partial charge in [0, 0.05) is 0 Å². The lowest BCUT2D eigenvalue weighted by atomic mass is 10.2. The summed E-state index contributed by atoms with van der Waals surface area (Å²) in [6.07, 6.45) is 0. The molecule has 3 aromatic rings. The van der Waals surface area contributed by atoms with Crippen molar-refractivity contribution in [2.45, 2.75) is 11.8 Å². The molecule has 0 aliphatic carbocycles. The van der Waals surface area contributed by atoms with Crippen molar-refractivity contribution in [3.05, 3.63) is 78.4 Å². The van der Waals surface area contributed by atoms with Crippen LogP contribution in [0, 0.1) is 6.92 Å². The molecule has 0 radical (unpaired) electrons. The van der Waals surface area contributed by atoms with Crippen LogP contribution < -0.4 is 20.1 Å². The van der Waals surface area contributed by atoms with Crippen molar-refractivity contribution >= 4 is 33.2 Å². The molecule has 0 fully saturated rings. The third kappa shape index (κ3) is 6.58. The predicted molar refractivity (Wildman–Crippen MR) is 133 cm³/mol. The van der Waals surface area contributed by atoms with Crippen LogP contribution in [0.2, 0.25) is 0 Å². The van der Waals surface area contributed by atoms with Crippen LogP contribution in [0.4, 0.5) is 11.4 Å². The fourth-order valence-corrected chi connectivity index (χ4v) is 4.63. The van der Waals surface area contributed by atoms with Crippen LogP contribution in [-0.4, -0.2) is 51.8 Å². The number of nitrogens with one attached hydrogen (secondary N) is 2. The Kier molecular flexibility index (Phi) is 8.45. The van der Waals surface area contributed by atoms with Crippen molar-refractivity contribution in [3.8, 4) is 11.5 Å². The number of methoxy groups -OCH3 is 2. The molecule has 0 heterocycles. The van der Waals surface area contributed by atoms with E-state index in [1.165, 1.54) is 26.4 Å². The largest absolute Gasteiger partial charge is 0.495 e. The number of carbonyl (C=O) groups excluding carboxylic acids is 2. The van der Waals surface area contributed by atoms with E-state index in [0.29, 0.717) is 22.9 Å². The van der Waals surface area contributed by atoms with E-state index in [0.717, 1.165) is 9.87 Å². The van der Waals surface area contributed by atoms with Gasteiger partial charge in [0.2, 0.25) is 21.8 Å². The molecule has 0 bridgehead atoms. The number of anilines is 2. The molecule has 0 saturated heterocycles. The second-order valence-corrected chi connectivity index (χ2v) is 9.52. The lowest BCUT2D eigenvalue weighted by Crippen LogP contribution is -2.42. The highest BCUT2D eigenvalue weighted by Crippen LogP contribution is 2.25. The van der Waals surface area contributed by atoms with Gasteiger partial charge in [0.1, 0.15) is 11.5 Å². The van der Waals surface area contributed by atoms with Gasteiger partial charge in [-0.1, -0.05) is 42.0 Å². The maximum Gasteiger partial charge on any atom is 0.244 e. The van der Waals surface area contributed by atoms with Gasteiger partial charge >= 0.3 is 0 Å². The summed E-state index contributed by atoms with van der Waals surface area (Å²) in [4.78, 5) is 25.6. The summed E-state index contributed by atoms with van der Waals surface area (Å²) < 4.78 is 38.0. The summed E-state index contributed by atoms with van der Waals surface area (Å²) >= 11 is 0. The Morgan fingerprint density at radius 3 is 1.60 bits per heavy atom. The summed E-state index contributed by atoms with van der Waals surface area (Å²) in [7, 11) is -1.26. The molecule has 3 aromatic carbocycles. The lowest BCUT2D eigenvalue weighted by molar-refractivity contribution is -0.118. The van der Waals surface area contributed by atoms with E-state index in [9.17, 15) is 18.0 Å². The van der Waals surface area contributed by atoms with Crippen LogP contribution in [0.15, 0.2) is 77.7 Å². The minimum atomic E-state index is -4.17. The van der Waals surface area contributed by atoms with Gasteiger partial charge in [0.05, 0.1) is 43.6 Å². The number of rotatable bonds is 10. The first-order valence-corrected chi connectivity index (χ1v) is 12.1. The summed E-state index contributed by atoms with van der Waals surface area (Å²) in [6.45, 7) is 0.650. The van der Waals surface area contributed by atoms with Crippen molar-refractivity contribution in [3.63, 3.8) is 0 Å². The number of ether oxygens (including phenoxy) is 2. The fraction of sp³-hybridized carbons (Fsp3) is 0.200. The van der Waals surface area contributed by atoms with Gasteiger partial charge in [-0.3, -0.25) is 9.59 Å².